The number of hydrogen-bond acceptors (Lipinski definition) is 3. The number of hydrogen-bond donors (Lipinski definition) is 1. The number of fused-ring (bicyclic) bond motifs is 1. The highest BCUT2D eigenvalue weighted by molar-refractivity contribution is 7.99. The molecule has 3 atom stereocenters. The summed E-state index contributed by atoms with van der Waals surface area (Å²) in [5.41, 5.74) is 1.40. The minimum atomic E-state index is -0.663. The molecule has 19 heavy (non-hydrogen) atoms. The Bertz CT molecular complexity index is 491. The van der Waals surface area contributed by atoms with E-state index in [1.165, 1.54) is 10.5 Å². The fraction of sp³-hybridized carbons (Fsp3) is 0.533. The Morgan fingerprint density at radius 3 is 3.05 bits per heavy atom. The number of carbonyl (C=O) groups is 1. The summed E-state index contributed by atoms with van der Waals surface area (Å²) < 4.78 is 0. The van der Waals surface area contributed by atoms with Crippen molar-refractivity contribution in [1.82, 2.24) is 4.90 Å². The normalized spacial score (nSPS) is 30.5. The van der Waals surface area contributed by atoms with Gasteiger partial charge in [-0.2, -0.15) is 0 Å². The molecule has 0 aromatic heterocycles. The van der Waals surface area contributed by atoms with Crippen molar-refractivity contribution in [3.05, 3.63) is 29.8 Å². The highest BCUT2D eigenvalue weighted by Gasteiger charge is 2.38. The number of nitrogens with zero attached hydrogens (tertiary/aromatic N) is 1. The summed E-state index contributed by atoms with van der Waals surface area (Å²) in [6.45, 7) is 3.85. The third kappa shape index (κ3) is 2.39. The number of aliphatic carboxylic acids is 1. The molecule has 3 rings (SSSR count). The van der Waals surface area contributed by atoms with E-state index in [-0.39, 0.29) is 12.0 Å². The molecule has 0 radical (unpaired) electrons. The van der Waals surface area contributed by atoms with Crippen molar-refractivity contribution in [3.8, 4) is 0 Å². The number of likely N-dealkylation sites (tertiary alicyclic amines) is 1. The van der Waals surface area contributed by atoms with Gasteiger partial charge in [-0.05, 0) is 30.5 Å². The lowest BCUT2D eigenvalue weighted by Gasteiger charge is -2.26. The van der Waals surface area contributed by atoms with Gasteiger partial charge >= 0.3 is 5.97 Å². The van der Waals surface area contributed by atoms with Crippen LogP contribution in [0, 0.1) is 5.92 Å². The van der Waals surface area contributed by atoms with Crippen molar-refractivity contribution >= 4 is 17.7 Å². The van der Waals surface area contributed by atoms with E-state index in [2.05, 4.69) is 36.1 Å². The fourth-order valence-corrected chi connectivity index (χ4v) is 4.54. The van der Waals surface area contributed by atoms with E-state index in [9.17, 15) is 9.90 Å². The topological polar surface area (TPSA) is 40.5 Å². The summed E-state index contributed by atoms with van der Waals surface area (Å²) in [6.07, 6.45) is 0.998. The summed E-state index contributed by atoms with van der Waals surface area (Å²) in [5, 5.41) is 9.38. The van der Waals surface area contributed by atoms with Crippen LogP contribution in [0.2, 0.25) is 0 Å². The van der Waals surface area contributed by atoms with Gasteiger partial charge in [0.1, 0.15) is 6.04 Å². The van der Waals surface area contributed by atoms with Gasteiger partial charge in [-0.1, -0.05) is 25.1 Å². The smallest absolute Gasteiger partial charge is 0.321 e. The first-order valence-corrected chi connectivity index (χ1v) is 7.84. The van der Waals surface area contributed by atoms with E-state index in [0.717, 1.165) is 25.3 Å². The van der Waals surface area contributed by atoms with E-state index in [1.807, 2.05) is 11.8 Å². The molecule has 1 fully saturated rings. The zero-order valence-electron chi connectivity index (χ0n) is 11.1. The van der Waals surface area contributed by atoms with Crippen LogP contribution in [0.3, 0.4) is 0 Å². The summed E-state index contributed by atoms with van der Waals surface area (Å²) in [7, 11) is 0. The zero-order chi connectivity index (χ0) is 13.4. The Labute approximate surface area is 118 Å². The number of benzene rings is 1. The molecule has 3 nitrogen and oxygen atoms in total. The van der Waals surface area contributed by atoms with Crippen molar-refractivity contribution in [2.45, 2.75) is 30.2 Å². The van der Waals surface area contributed by atoms with Crippen LogP contribution in [0.25, 0.3) is 0 Å². The number of carboxylic acids is 1. The Morgan fingerprint density at radius 2 is 2.26 bits per heavy atom. The Morgan fingerprint density at radius 1 is 1.47 bits per heavy atom. The SMILES string of the molecule is CC1CCN(CC2CSc3ccccc32)C1C(=O)O. The lowest BCUT2D eigenvalue weighted by molar-refractivity contribution is -0.143. The Hall–Kier alpha value is -1.00. The van der Waals surface area contributed by atoms with Crippen LogP contribution in [0.5, 0.6) is 0 Å². The molecule has 1 N–H and O–H groups in total. The molecule has 1 aromatic rings. The molecule has 0 spiro atoms. The predicted molar refractivity (Wildman–Crippen MR) is 76.7 cm³/mol. The van der Waals surface area contributed by atoms with E-state index in [0.29, 0.717) is 5.92 Å². The maximum atomic E-state index is 11.4. The Balaban J connectivity index is 1.74. The lowest BCUT2D eigenvalue weighted by atomic mass is 9.99. The first-order chi connectivity index (χ1) is 9.16. The average molecular weight is 277 g/mol. The van der Waals surface area contributed by atoms with Crippen molar-refractivity contribution in [1.29, 1.82) is 0 Å². The molecule has 0 bridgehead atoms. The molecule has 1 saturated heterocycles. The van der Waals surface area contributed by atoms with Crippen molar-refractivity contribution in [2.24, 2.45) is 5.92 Å². The molecule has 1 aromatic carbocycles. The van der Waals surface area contributed by atoms with Gasteiger partial charge in [-0.25, -0.2) is 0 Å². The summed E-state index contributed by atoms with van der Waals surface area (Å²) in [6, 6.07) is 8.22. The summed E-state index contributed by atoms with van der Waals surface area (Å²) in [5.74, 6) is 1.16. The molecular weight excluding hydrogens is 258 g/mol. The van der Waals surface area contributed by atoms with Gasteiger partial charge in [0, 0.05) is 23.1 Å². The molecule has 4 heteroatoms. The highest BCUT2D eigenvalue weighted by atomic mass is 32.2. The highest BCUT2D eigenvalue weighted by Crippen LogP contribution is 2.40. The van der Waals surface area contributed by atoms with Crippen molar-refractivity contribution in [2.75, 3.05) is 18.8 Å². The van der Waals surface area contributed by atoms with E-state index >= 15 is 0 Å². The molecule has 2 aliphatic rings. The average Bonchev–Trinajstić information content (AvgIpc) is 2.95. The first kappa shape index (κ1) is 13.0. The standard InChI is InChI=1S/C15H19NO2S/c1-10-6-7-16(14(10)15(17)18)8-11-9-19-13-5-3-2-4-12(11)13/h2-5,10-11,14H,6-9H2,1H3,(H,17,18). The van der Waals surface area contributed by atoms with Crippen LogP contribution in [0.15, 0.2) is 29.2 Å². The monoisotopic (exact) mass is 277 g/mol. The van der Waals surface area contributed by atoms with Crippen molar-refractivity contribution < 1.29 is 9.90 Å². The first-order valence-electron chi connectivity index (χ1n) is 6.85. The molecule has 2 aliphatic heterocycles. The molecule has 2 heterocycles. The van der Waals surface area contributed by atoms with Crippen LogP contribution in [-0.2, 0) is 4.79 Å². The van der Waals surface area contributed by atoms with E-state index in [4.69, 9.17) is 0 Å². The summed E-state index contributed by atoms with van der Waals surface area (Å²) in [4.78, 5) is 14.9. The molecule has 3 unspecified atom stereocenters. The van der Waals surface area contributed by atoms with E-state index in [1.54, 1.807) is 0 Å². The number of carboxylic acid groups (broad SMARTS) is 1. The second-order valence-corrected chi connectivity index (χ2v) is 6.65. The maximum Gasteiger partial charge on any atom is 0.321 e. The molecular formula is C15H19NO2S. The van der Waals surface area contributed by atoms with Gasteiger partial charge in [-0.3, -0.25) is 9.69 Å². The lowest BCUT2D eigenvalue weighted by Crippen LogP contribution is -2.41. The fourth-order valence-electron chi connectivity index (χ4n) is 3.29. The number of rotatable bonds is 3. The second kappa shape index (κ2) is 5.17. The zero-order valence-corrected chi connectivity index (χ0v) is 11.9. The van der Waals surface area contributed by atoms with Crippen LogP contribution in [0.4, 0.5) is 0 Å². The summed E-state index contributed by atoms with van der Waals surface area (Å²) >= 11 is 1.90. The van der Waals surface area contributed by atoms with E-state index < -0.39 is 5.97 Å². The van der Waals surface area contributed by atoms with Gasteiger partial charge in [0.2, 0.25) is 0 Å². The molecule has 0 saturated carbocycles. The van der Waals surface area contributed by atoms with Crippen LogP contribution in [-0.4, -0.2) is 40.9 Å². The molecule has 0 aliphatic carbocycles. The maximum absolute atomic E-state index is 11.4. The van der Waals surface area contributed by atoms with Gasteiger partial charge in [0.15, 0.2) is 0 Å². The van der Waals surface area contributed by atoms with Gasteiger partial charge < -0.3 is 5.11 Å². The predicted octanol–water partition coefficient (Wildman–Crippen LogP) is 2.67. The van der Waals surface area contributed by atoms with Crippen LogP contribution in [0.1, 0.15) is 24.8 Å². The van der Waals surface area contributed by atoms with Crippen LogP contribution < -0.4 is 0 Å². The van der Waals surface area contributed by atoms with Crippen LogP contribution >= 0.6 is 11.8 Å². The van der Waals surface area contributed by atoms with Gasteiger partial charge in [0.05, 0.1) is 0 Å². The molecule has 102 valence electrons. The third-order valence-corrected chi connectivity index (χ3v) is 5.56. The van der Waals surface area contributed by atoms with Gasteiger partial charge in [0.25, 0.3) is 0 Å². The third-order valence-electron chi connectivity index (χ3n) is 4.31. The minimum absolute atomic E-state index is 0.266. The van der Waals surface area contributed by atoms with Crippen molar-refractivity contribution in [3.63, 3.8) is 0 Å². The minimum Gasteiger partial charge on any atom is -0.480 e. The number of thioether (sulfide) groups is 1. The second-order valence-electron chi connectivity index (χ2n) is 5.59. The Kier molecular flexibility index (Phi) is 3.54. The molecule has 0 amide bonds. The van der Waals surface area contributed by atoms with Gasteiger partial charge in [-0.15, -0.1) is 11.8 Å². The largest absolute Gasteiger partial charge is 0.480 e. The quantitative estimate of drug-likeness (QED) is 0.922.